The summed E-state index contributed by atoms with van der Waals surface area (Å²) >= 11 is 1.56. The van der Waals surface area contributed by atoms with Crippen LogP contribution in [0.25, 0.3) is 0 Å². The molecule has 56 valence electrons. The molecular formula is C3H3BrF4O. The monoisotopic (exact) mass is 210 g/mol. The van der Waals surface area contributed by atoms with E-state index in [1.165, 1.54) is 0 Å². The summed E-state index contributed by atoms with van der Waals surface area (Å²) in [6.45, 7) is -2.24. The van der Waals surface area contributed by atoms with Crippen LogP contribution in [0.2, 0.25) is 0 Å². The summed E-state index contributed by atoms with van der Waals surface area (Å²) in [6, 6.07) is 0. The minimum Gasteiger partial charge on any atom is -0.349 e. The molecule has 0 aliphatic carbocycles. The zero-order valence-corrected chi connectivity index (χ0v) is 5.63. The van der Waals surface area contributed by atoms with Gasteiger partial charge in [-0.05, 0) is 15.9 Å². The van der Waals surface area contributed by atoms with Crippen LogP contribution in [0.1, 0.15) is 0 Å². The van der Waals surface area contributed by atoms with Gasteiger partial charge in [0.15, 0.2) is 6.67 Å². The predicted octanol–water partition coefficient (Wildman–Crippen LogP) is 1.60. The zero-order valence-electron chi connectivity index (χ0n) is 4.04. The van der Waals surface area contributed by atoms with E-state index in [1.54, 1.807) is 15.9 Å². The van der Waals surface area contributed by atoms with E-state index in [2.05, 4.69) is 0 Å². The molecule has 0 spiro atoms. The van der Waals surface area contributed by atoms with Crippen molar-refractivity contribution in [3.8, 4) is 0 Å². The van der Waals surface area contributed by atoms with Crippen molar-refractivity contribution in [3.63, 3.8) is 0 Å². The van der Waals surface area contributed by atoms with Crippen molar-refractivity contribution in [2.75, 3.05) is 6.67 Å². The lowest BCUT2D eigenvalue weighted by molar-refractivity contribution is -0.195. The maximum atomic E-state index is 11.6. The summed E-state index contributed by atoms with van der Waals surface area (Å²) < 4.78 is 42.0. The molecule has 0 aromatic rings. The first-order valence-corrected chi connectivity index (χ1v) is 2.64. The van der Waals surface area contributed by atoms with Gasteiger partial charge in [0.1, 0.15) is 0 Å². The molecular weight excluding hydrogens is 208 g/mol. The van der Waals surface area contributed by atoms with Crippen molar-refractivity contribution < 1.29 is 22.7 Å². The smallest absolute Gasteiger partial charge is 0.343 e. The van der Waals surface area contributed by atoms with Crippen molar-refractivity contribution in [1.82, 2.24) is 0 Å². The molecule has 0 saturated heterocycles. The van der Waals surface area contributed by atoms with Gasteiger partial charge in [-0.2, -0.15) is 13.2 Å². The summed E-state index contributed by atoms with van der Waals surface area (Å²) in [4.78, 5) is 0. The second-order valence-electron chi connectivity index (χ2n) is 1.38. The van der Waals surface area contributed by atoms with E-state index in [4.69, 9.17) is 5.11 Å². The van der Waals surface area contributed by atoms with Gasteiger partial charge in [-0.3, -0.25) is 0 Å². The Morgan fingerprint density at radius 2 is 1.67 bits per heavy atom. The van der Waals surface area contributed by atoms with Crippen LogP contribution in [-0.2, 0) is 0 Å². The number of aliphatic hydroxyl groups is 1. The van der Waals surface area contributed by atoms with Crippen molar-refractivity contribution in [1.29, 1.82) is 0 Å². The first-order valence-electron chi connectivity index (χ1n) is 1.85. The van der Waals surface area contributed by atoms with Crippen LogP contribution in [-0.4, -0.2) is 22.5 Å². The normalized spacial score (nSPS) is 19.3. The molecule has 1 unspecified atom stereocenters. The molecule has 0 bridgehead atoms. The van der Waals surface area contributed by atoms with Crippen molar-refractivity contribution in [3.05, 3.63) is 0 Å². The van der Waals surface area contributed by atoms with Gasteiger partial charge in [0.2, 0.25) is 0 Å². The van der Waals surface area contributed by atoms with Gasteiger partial charge in [0.25, 0.3) is 0 Å². The Hall–Kier alpha value is 0.160. The Morgan fingerprint density at radius 1 is 1.33 bits per heavy atom. The van der Waals surface area contributed by atoms with Gasteiger partial charge in [-0.25, -0.2) is 4.39 Å². The number of hydrogen-bond donors (Lipinski definition) is 1. The van der Waals surface area contributed by atoms with Gasteiger partial charge in [0.05, 0.1) is 0 Å². The Morgan fingerprint density at radius 3 is 1.67 bits per heavy atom. The lowest BCUT2D eigenvalue weighted by Crippen LogP contribution is -2.40. The quantitative estimate of drug-likeness (QED) is 0.543. The highest BCUT2D eigenvalue weighted by atomic mass is 79.9. The molecule has 0 rings (SSSR count). The van der Waals surface area contributed by atoms with Crippen LogP contribution >= 0.6 is 15.9 Å². The fraction of sp³-hybridized carbons (Fsp3) is 1.00. The molecule has 0 radical (unpaired) electrons. The van der Waals surface area contributed by atoms with Crippen molar-refractivity contribution in [2.45, 2.75) is 10.7 Å². The molecule has 0 aliphatic heterocycles. The van der Waals surface area contributed by atoms with Crippen LogP contribution in [0.3, 0.4) is 0 Å². The summed E-state index contributed by atoms with van der Waals surface area (Å²) in [6.07, 6.45) is 0. The largest absolute Gasteiger partial charge is 0.349 e. The molecule has 0 fully saturated rings. The Bertz CT molecular complexity index is 98.5. The van der Waals surface area contributed by atoms with Crippen LogP contribution < -0.4 is 0 Å². The average molecular weight is 211 g/mol. The molecule has 0 saturated carbocycles. The van der Waals surface area contributed by atoms with Crippen LogP contribution in [0, 0.1) is 0 Å². The summed E-state index contributed by atoms with van der Waals surface area (Å²) in [5.74, 6) is -4.38. The Balaban J connectivity index is 4.14. The van der Waals surface area contributed by atoms with E-state index in [0.29, 0.717) is 0 Å². The Labute approximate surface area is 56.8 Å². The SMILES string of the molecule is OC(F)(Br)C(F)(F)CF. The van der Waals surface area contributed by atoms with Crippen molar-refractivity contribution in [2.24, 2.45) is 0 Å². The Kier molecular flexibility index (Phi) is 2.46. The molecule has 0 aliphatic rings. The molecule has 1 atom stereocenters. The lowest BCUT2D eigenvalue weighted by Gasteiger charge is -2.19. The van der Waals surface area contributed by atoms with Gasteiger partial charge in [0, 0.05) is 0 Å². The van der Waals surface area contributed by atoms with Crippen LogP contribution in [0.4, 0.5) is 17.6 Å². The van der Waals surface area contributed by atoms with E-state index in [1.807, 2.05) is 0 Å². The predicted molar refractivity (Wildman–Crippen MR) is 25.9 cm³/mol. The third-order valence-electron chi connectivity index (χ3n) is 0.608. The molecule has 0 aromatic carbocycles. The topological polar surface area (TPSA) is 20.2 Å². The van der Waals surface area contributed by atoms with E-state index in [0.717, 1.165) is 0 Å². The number of hydrogen-bond acceptors (Lipinski definition) is 1. The fourth-order valence-electron chi connectivity index (χ4n) is 0.0804. The maximum absolute atomic E-state index is 11.6. The zero-order chi connectivity index (χ0) is 7.71. The van der Waals surface area contributed by atoms with E-state index < -0.39 is 17.4 Å². The molecule has 0 heterocycles. The second kappa shape index (κ2) is 2.42. The molecule has 0 amide bonds. The minimum absolute atomic E-state index is 1.56. The highest BCUT2D eigenvalue weighted by Crippen LogP contribution is 2.35. The molecule has 9 heavy (non-hydrogen) atoms. The number of halogens is 5. The molecule has 6 heteroatoms. The van der Waals surface area contributed by atoms with E-state index >= 15 is 0 Å². The van der Waals surface area contributed by atoms with Crippen LogP contribution in [0.15, 0.2) is 0 Å². The number of alkyl halides is 5. The third kappa shape index (κ3) is 2.09. The van der Waals surface area contributed by atoms with Gasteiger partial charge >= 0.3 is 10.7 Å². The molecule has 1 N–H and O–H groups in total. The molecule has 1 nitrogen and oxygen atoms in total. The first kappa shape index (κ1) is 9.16. The lowest BCUT2D eigenvalue weighted by atomic mass is 10.4. The van der Waals surface area contributed by atoms with Crippen molar-refractivity contribution >= 4 is 15.9 Å². The molecule has 0 aromatic heterocycles. The summed E-state index contributed by atoms with van der Waals surface area (Å²) in [7, 11) is 0. The minimum atomic E-state index is -4.38. The maximum Gasteiger partial charge on any atom is 0.343 e. The summed E-state index contributed by atoms with van der Waals surface area (Å²) in [5, 5.41) is 7.81. The standard InChI is InChI=1S/C3H3BrF4O/c4-3(8,9)2(6,7)1-5/h9H,1H2. The van der Waals surface area contributed by atoms with Gasteiger partial charge < -0.3 is 5.11 Å². The van der Waals surface area contributed by atoms with E-state index in [-0.39, 0.29) is 0 Å². The van der Waals surface area contributed by atoms with Gasteiger partial charge in [-0.15, -0.1) is 0 Å². The van der Waals surface area contributed by atoms with E-state index in [9.17, 15) is 17.6 Å². The average Bonchev–Trinajstić information content (AvgIpc) is 1.64. The first-order chi connectivity index (χ1) is 3.81. The highest BCUT2D eigenvalue weighted by molar-refractivity contribution is 9.10. The third-order valence-corrected chi connectivity index (χ3v) is 1.19. The van der Waals surface area contributed by atoms with Gasteiger partial charge in [-0.1, -0.05) is 0 Å². The second-order valence-corrected chi connectivity index (χ2v) is 2.43. The number of rotatable bonds is 2. The summed E-state index contributed by atoms with van der Waals surface area (Å²) in [5.41, 5.74) is 0. The fourth-order valence-corrected chi connectivity index (χ4v) is 0.186. The van der Waals surface area contributed by atoms with Crippen LogP contribution in [0.5, 0.6) is 0 Å². The highest BCUT2D eigenvalue weighted by Gasteiger charge is 2.52.